The highest BCUT2D eigenvalue weighted by atomic mass is 32.2. The molecule has 0 unspecified atom stereocenters. The van der Waals surface area contributed by atoms with Crippen molar-refractivity contribution in [2.24, 2.45) is 11.3 Å². The fraction of sp³-hybridized carbons (Fsp3) is 0.852. The minimum Gasteiger partial charge on any atom is -0.340 e. The standard InChI is InChI=1S/C27H47N5O6S/c1-9-17-16-27(17,22(35)31-39(37,38)26(8)13-14-26)29-20(33)18-12-11-15-32(18)21(34)19(24(3,4)5)28-23(36)30-25(6,7)10-2/h17-19H,9-16H2,1-8H3,(H,29,33)(H,31,35)(H2,28,30,36)/t17-,18+,19-,27-/m1/s1. The Morgan fingerprint density at radius 1 is 1.05 bits per heavy atom. The molecule has 0 aromatic rings. The van der Waals surface area contributed by atoms with Gasteiger partial charge in [-0.25, -0.2) is 13.2 Å². The molecule has 5 amide bonds. The highest BCUT2D eigenvalue weighted by Gasteiger charge is 2.63. The van der Waals surface area contributed by atoms with Crippen LogP contribution in [0.4, 0.5) is 4.79 Å². The number of urea groups is 1. The van der Waals surface area contributed by atoms with E-state index in [0.29, 0.717) is 51.5 Å². The van der Waals surface area contributed by atoms with Gasteiger partial charge in [-0.05, 0) is 70.6 Å². The maximum absolute atomic E-state index is 13.8. The maximum atomic E-state index is 13.8. The molecule has 39 heavy (non-hydrogen) atoms. The molecule has 1 aliphatic heterocycles. The van der Waals surface area contributed by atoms with E-state index in [1.165, 1.54) is 4.90 Å². The molecule has 1 saturated heterocycles. The molecule has 0 aromatic carbocycles. The molecule has 3 rings (SSSR count). The van der Waals surface area contributed by atoms with Crippen molar-refractivity contribution in [1.82, 2.24) is 25.6 Å². The van der Waals surface area contributed by atoms with Crippen molar-refractivity contribution in [2.45, 2.75) is 128 Å². The van der Waals surface area contributed by atoms with Gasteiger partial charge in [0.05, 0.1) is 4.75 Å². The van der Waals surface area contributed by atoms with Gasteiger partial charge in [-0.15, -0.1) is 0 Å². The van der Waals surface area contributed by atoms with Gasteiger partial charge in [0.15, 0.2) is 0 Å². The molecule has 0 spiro atoms. The smallest absolute Gasteiger partial charge is 0.315 e. The van der Waals surface area contributed by atoms with Gasteiger partial charge in [-0.2, -0.15) is 0 Å². The number of carbonyl (C=O) groups is 4. The molecule has 0 aromatic heterocycles. The SMILES string of the molecule is CC[C@@H]1C[C@]1(NC(=O)[C@@H]1CCCN1C(=O)[C@@H](NC(=O)NC(C)(C)CC)C(C)(C)C)C(=O)NS(=O)(=O)C1(C)CC1. The first kappa shape index (κ1) is 31.2. The molecule has 11 nitrogen and oxygen atoms in total. The summed E-state index contributed by atoms with van der Waals surface area (Å²) < 4.78 is 26.7. The Hall–Kier alpha value is -2.37. The van der Waals surface area contributed by atoms with E-state index in [0.717, 1.165) is 0 Å². The normalized spacial score (nSPS) is 26.8. The van der Waals surface area contributed by atoms with Gasteiger partial charge in [-0.1, -0.05) is 41.0 Å². The molecule has 1 heterocycles. The number of hydrogen-bond acceptors (Lipinski definition) is 6. The molecular weight excluding hydrogens is 522 g/mol. The molecule has 0 bridgehead atoms. The van der Waals surface area contributed by atoms with Gasteiger partial charge in [0.25, 0.3) is 5.91 Å². The molecule has 0 radical (unpaired) electrons. The predicted octanol–water partition coefficient (Wildman–Crippen LogP) is 2.16. The number of sulfonamides is 1. The molecule has 3 aliphatic rings. The largest absolute Gasteiger partial charge is 0.340 e. The second-order valence-corrected chi connectivity index (χ2v) is 15.7. The van der Waals surface area contributed by atoms with Crippen molar-refractivity contribution in [3.63, 3.8) is 0 Å². The van der Waals surface area contributed by atoms with Crippen LogP contribution < -0.4 is 20.7 Å². The Morgan fingerprint density at radius 2 is 1.67 bits per heavy atom. The summed E-state index contributed by atoms with van der Waals surface area (Å²) in [6.07, 6.45) is 3.63. The fourth-order valence-electron chi connectivity index (χ4n) is 5.08. The maximum Gasteiger partial charge on any atom is 0.315 e. The van der Waals surface area contributed by atoms with Crippen molar-refractivity contribution in [3.8, 4) is 0 Å². The van der Waals surface area contributed by atoms with Crippen LogP contribution in [0, 0.1) is 11.3 Å². The molecule has 12 heteroatoms. The third-order valence-corrected chi connectivity index (χ3v) is 10.9. The Labute approximate surface area is 233 Å². The van der Waals surface area contributed by atoms with E-state index >= 15 is 0 Å². The first-order valence-electron chi connectivity index (χ1n) is 14.1. The molecule has 222 valence electrons. The summed E-state index contributed by atoms with van der Waals surface area (Å²) in [5.74, 6) is -1.75. The Kier molecular flexibility index (Phi) is 8.43. The van der Waals surface area contributed by atoms with E-state index in [2.05, 4.69) is 20.7 Å². The van der Waals surface area contributed by atoms with Crippen molar-refractivity contribution in [3.05, 3.63) is 0 Å². The van der Waals surface area contributed by atoms with Crippen molar-refractivity contribution in [1.29, 1.82) is 0 Å². The number of nitrogens with one attached hydrogen (secondary N) is 4. The number of carbonyl (C=O) groups excluding carboxylic acids is 4. The summed E-state index contributed by atoms with van der Waals surface area (Å²) in [5.41, 5.74) is -2.40. The van der Waals surface area contributed by atoms with Crippen LogP contribution in [0.1, 0.15) is 100 Å². The van der Waals surface area contributed by atoms with Crippen LogP contribution in [0.3, 0.4) is 0 Å². The molecule has 4 N–H and O–H groups in total. The summed E-state index contributed by atoms with van der Waals surface area (Å²) >= 11 is 0. The first-order valence-corrected chi connectivity index (χ1v) is 15.6. The Bertz CT molecular complexity index is 1110. The summed E-state index contributed by atoms with van der Waals surface area (Å²) in [6.45, 7) is 15.1. The number of nitrogens with zero attached hydrogens (tertiary/aromatic N) is 1. The highest BCUT2D eigenvalue weighted by molar-refractivity contribution is 7.91. The third-order valence-electron chi connectivity index (χ3n) is 8.74. The predicted molar refractivity (Wildman–Crippen MR) is 148 cm³/mol. The summed E-state index contributed by atoms with van der Waals surface area (Å²) in [7, 11) is -3.86. The van der Waals surface area contributed by atoms with E-state index in [4.69, 9.17) is 0 Å². The van der Waals surface area contributed by atoms with Gasteiger partial charge in [0, 0.05) is 12.1 Å². The van der Waals surface area contributed by atoms with E-state index < -0.39 is 61.2 Å². The molecule has 3 fully saturated rings. The van der Waals surface area contributed by atoms with Crippen LogP contribution in [0.5, 0.6) is 0 Å². The molecule has 4 atom stereocenters. The van der Waals surface area contributed by atoms with Crippen LogP contribution in [-0.4, -0.2) is 71.5 Å². The highest BCUT2D eigenvalue weighted by Crippen LogP contribution is 2.48. The van der Waals surface area contributed by atoms with Crippen LogP contribution in [-0.2, 0) is 24.4 Å². The fourth-order valence-corrected chi connectivity index (χ4v) is 6.39. The zero-order valence-corrected chi connectivity index (χ0v) is 25.5. The van der Waals surface area contributed by atoms with E-state index in [1.54, 1.807) is 6.92 Å². The van der Waals surface area contributed by atoms with Crippen molar-refractivity contribution < 1.29 is 27.6 Å². The van der Waals surface area contributed by atoms with Gasteiger partial charge in [0.2, 0.25) is 21.8 Å². The van der Waals surface area contributed by atoms with Crippen LogP contribution in [0.15, 0.2) is 0 Å². The van der Waals surface area contributed by atoms with Crippen LogP contribution >= 0.6 is 0 Å². The van der Waals surface area contributed by atoms with E-state index in [-0.39, 0.29) is 11.8 Å². The second kappa shape index (κ2) is 10.6. The first-order chi connectivity index (χ1) is 17.8. The average Bonchev–Trinajstić information content (AvgIpc) is 3.69. The summed E-state index contributed by atoms with van der Waals surface area (Å²) in [4.78, 5) is 54.8. The molecular formula is C27H47N5O6S. The monoisotopic (exact) mass is 569 g/mol. The third kappa shape index (κ3) is 6.52. The topological polar surface area (TPSA) is 154 Å². The van der Waals surface area contributed by atoms with Crippen molar-refractivity contribution in [2.75, 3.05) is 6.54 Å². The summed E-state index contributed by atoms with van der Waals surface area (Å²) in [5, 5.41) is 8.55. The lowest BCUT2D eigenvalue weighted by atomic mass is 9.85. The molecule has 2 saturated carbocycles. The Balaban J connectivity index is 1.75. The zero-order chi connectivity index (χ0) is 29.6. The van der Waals surface area contributed by atoms with Crippen LogP contribution in [0.2, 0.25) is 0 Å². The summed E-state index contributed by atoms with van der Waals surface area (Å²) in [6, 6.07) is -2.16. The van der Waals surface area contributed by atoms with E-state index in [9.17, 15) is 27.6 Å². The zero-order valence-electron chi connectivity index (χ0n) is 24.7. The van der Waals surface area contributed by atoms with Gasteiger partial charge in [0.1, 0.15) is 17.6 Å². The van der Waals surface area contributed by atoms with Gasteiger partial charge < -0.3 is 20.9 Å². The number of likely N-dealkylation sites (tertiary alicyclic amines) is 1. The second-order valence-electron chi connectivity index (χ2n) is 13.5. The van der Waals surface area contributed by atoms with E-state index in [1.807, 2.05) is 48.5 Å². The lowest BCUT2D eigenvalue weighted by molar-refractivity contribution is -0.142. The lowest BCUT2D eigenvalue weighted by Gasteiger charge is -2.36. The minimum absolute atomic E-state index is 0.191. The molecule has 2 aliphatic carbocycles. The van der Waals surface area contributed by atoms with Crippen molar-refractivity contribution >= 4 is 33.8 Å². The minimum atomic E-state index is -3.86. The quantitative estimate of drug-likeness (QED) is 0.316. The lowest BCUT2D eigenvalue weighted by Crippen LogP contribution is -2.62. The van der Waals surface area contributed by atoms with Gasteiger partial charge in [-0.3, -0.25) is 19.1 Å². The number of hydrogen-bond donors (Lipinski definition) is 4. The average molecular weight is 570 g/mol. The Morgan fingerprint density at radius 3 is 2.15 bits per heavy atom. The van der Waals surface area contributed by atoms with Gasteiger partial charge >= 0.3 is 6.03 Å². The number of rotatable bonds is 10. The number of amides is 5. The van der Waals surface area contributed by atoms with Crippen LogP contribution in [0.25, 0.3) is 0 Å².